The molecule has 0 N–H and O–H groups in total. The van der Waals surface area contributed by atoms with Crippen LogP contribution in [0.3, 0.4) is 0 Å². The van der Waals surface area contributed by atoms with Gasteiger partial charge < -0.3 is 8.94 Å². The summed E-state index contributed by atoms with van der Waals surface area (Å²) in [5.41, 5.74) is 2.32. The quantitative estimate of drug-likeness (QED) is 0.481. The van der Waals surface area contributed by atoms with E-state index in [1.165, 1.54) is 21.0 Å². The summed E-state index contributed by atoms with van der Waals surface area (Å²) in [5, 5.41) is 3.85. The molecule has 3 heterocycles. The normalized spacial score (nSPS) is 13.8. The molecule has 0 fully saturated rings. The van der Waals surface area contributed by atoms with Gasteiger partial charge in [-0.25, -0.2) is 13.2 Å². The molecule has 0 saturated heterocycles. The maximum Gasteiger partial charge on any atom is 0.420 e. The van der Waals surface area contributed by atoms with Crippen LogP contribution in [0.25, 0.3) is 11.1 Å². The van der Waals surface area contributed by atoms with Gasteiger partial charge >= 0.3 is 5.76 Å². The SMILES string of the molecule is CCc1nc(Cn2c(=O)oc3cc(S(=O)(=O)N4CCc5ccccc54)ccc32)no1. The Morgan fingerprint density at radius 3 is 2.80 bits per heavy atom. The highest BCUT2D eigenvalue weighted by molar-refractivity contribution is 7.92. The first-order chi connectivity index (χ1) is 14.5. The summed E-state index contributed by atoms with van der Waals surface area (Å²) in [6.07, 6.45) is 1.25. The number of aryl methyl sites for hydroxylation is 1. The molecule has 0 amide bonds. The van der Waals surface area contributed by atoms with E-state index in [1.807, 2.05) is 25.1 Å². The van der Waals surface area contributed by atoms with Crippen molar-refractivity contribution >= 4 is 26.8 Å². The van der Waals surface area contributed by atoms with Crippen LogP contribution in [-0.4, -0.2) is 29.7 Å². The van der Waals surface area contributed by atoms with E-state index in [9.17, 15) is 13.2 Å². The molecule has 9 nitrogen and oxygen atoms in total. The van der Waals surface area contributed by atoms with Gasteiger partial charge in [0, 0.05) is 19.0 Å². The molecule has 2 aromatic carbocycles. The molecule has 0 aliphatic carbocycles. The lowest BCUT2D eigenvalue weighted by molar-refractivity contribution is 0.375. The standard InChI is InChI=1S/C20H18N4O5S/c1-2-19-21-18(22-29-19)12-23-16-8-7-14(11-17(16)28-20(23)25)30(26,27)24-10-9-13-5-3-4-6-15(13)24/h3-8,11H,2,9-10,12H2,1H3. The summed E-state index contributed by atoms with van der Waals surface area (Å²) >= 11 is 0. The van der Waals surface area contributed by atoms with E-state index in [1.54, 1.807) is 12.1 Å². The number of nitrogens with zero attached hydrogens (tertiary/aromatic N) is 4. The van der Waals surface area contributed by atoms with Crippen LogP contribution >= 0.6 is 0 Å². The first-order valence-electron chi connectivity index (χ1n) is 9.53. The minimum Gasteiger partial charge on any atom is -0.408 e. The summed E-state index contributed by atoms with van der Waals surface area (Å²) in [4.78, 5) is 16.6. The van der Waals surface area contributed by atoms with E-state index in [4.69, 9.17) is 8.94 Å². The number of sulfonamides is 1. The number of para-hydroxylation sites is 1. The Hall–Kier alpha value is -3.40. The van der Waals surface area contributed by atoms with Crippen LogP contribution in [0.5, 0.6) is 0 Å². The molecule has 0 radical (unpaired) electrons. The van der Waals surface area contributed by atoms with Crippen molar-refractivity contribution in [3.05, 3.63) is 70.3 Å². The molecule has 10 heteroatoms. The molecule has 1 aliphatic heterocycles. The van der Waals surface area contributed by atoms with Crippen molar-refractivity contribution in [2.24, 2.45) is 0 Å². The molecule has 0 atom stereocenters. The van der Waals surface area contributed by atoms with Gasteiger partial charge in [-0.05, 0) is 30.2 Å². The molecule has 0 saturated carbocycles. The molecular weight excluding hydrogens is 408 g/mol. The third kappa shape index (κ3) is 2.91. The van der Waals surface area contributed by atoms with Crippen LogP contribution < -0.4 is 10.1 Å². The van der Waals surface area contributed by atoms with Gasteiger partial charge in [-0.15, -0.1) is 0 Å². The van der Waals surface area contributed by atoms with E-state index in [0.29, 0.717) is 42.3 Å². The fourth-order valence-corrected chi connectivity index (χ4v) is 5.20. The summed E-state index contributed by atoms with van der Waals surface area (Å²) in [5.74, 6) is 0.209. The Bertz CT molecular complexity index is 1420. The summed E-state index contributed by atoms with van der Waals surface area (Å²) in [7, 11) is -3.78. The molecule has 154 valence electrons. The minimum atomic E-state index is -3.78. The molecule has 0 bridgehead atoms. The number of aromatic nitrogens is 3. The highest BCUT2D eigenvalue weighted by Crippen LogP contribution is 2.33. The second-order valence-corrected chi connectivity index (χ2v) is 8.86. The van der Waals surface area contributed by atoms with Gasteiger partial charge in [-0.3, -0.25) is 8.87 Å². The number of hydrogen-bond donors (Lipinski definition) is 0. The highest BCUT2D eigenvalue weighted by atomic mass is 32.2. The van der Waals surface area contributed by atoms with Crippen LogP contribution in [0.1, 0.15) is 24.2 Å². The zero-order valence-electron chi connectivity index (χ0n) is 16.1. The summed E-state index contributed by atoms with van der Waals surface area (Å²) in [6, 6.07) is 11.9. The largest absolute Gasteiger partial charge is 0.420 e. The molecule has 0 spiro atoms. The number of rotatable bonds is 5. The fraction of sp³-hybridized carbons (Fsp3) is 0.250. The van der Waals surface area contributed by atoms with Crippen molar-refractivity contribution in [3.8, 4) is 0 Å². The molecule has 30 heavy (non-hydrogen) atoms. The molecular formula is C20H18N4O5S. The lowest BCUT2D eigenvalue weighted by Crippen LogP contribution is -2.29. The van der Waals surface area contributed by atoms with E-state index in [0.717, 1.165) is 5.56 Å². The highest BCUT2D eigenvalue weighted by Gasteiger charge is 2.31. The van der Waals surface area contributed by atoms with E-state index < -0.39 is 15.8 Å². The zero-order valence-corrected chi connectivity index (χ0v) is 16.9. The van der Waals surface area contributed by atoms with Crippen molar-refractivity contribution in [2.45, 2.75) is 31.2 Å². The predicted octanol–water partition coefficient (Wildman–Crippen LogP) is 2.34. The Morgan fingerprint density at radius 2 is 2.00 bits per heavy atom. The van der Waals surface area contributed by atoms with Gasteiger partial charge in [-0.1, -0.05) is 30.3 Å². The van der Waals surface area contributed by atoms with Crippen molar-refractivity contribution in [1.82, 2.24) is 14.7 Å². The van der Waals surface area contributed by atoms with Crippen molar-refractivity contribution in [3.63, 3.8) is 0 Å². The van der Waals surface area contributed by atoms with Gasteiger partial charge in [0.15, 0.2) is 11.4 Å². The molecule has 1 aliphatic rings. The Balaban J connectivity index is 1.52. The van der Waals surface area contributed by atoms with Crippen molar-refractivity contribution in [2.75, 3.05) is 10.8 Å². The smallest absolute Gasteiger partial charge is 0.408 e. The van der Waals surface area contributed by atoms with E-state index >= 15 is 0 Å². The maximum atomic E-state index is 13.2. The van der Waals surface area contributed by atoms with Gasteiger partial charge in [0.05, 0.1) is 22.6 Å². The topological polar surface area (TPSA) is 111 Å². The van der Waals surface area contributed by atoms with Gasteiger partial charge in [0.1, 0.15) is 0 Å². The number of fused-ring (bicyclic) bond motifs is 2. The van der Waals surface area contributed by atoms with Crippen LogP contribution in [0.2, 0.25) is 0 Å². The average Bonchev–Trinajstić information content (AvgIpc) is 3.45. The van der Waals surface area contributed by atoms with E-state index in [-0.39, 0.29) is 17.0 Å². The summed E-state index contributed by atoms with van der Waals surface area (Å²) < 4.78 is 39.6. The number of anilines is 1. The molecule has 5 rings (SSSR count). The third-order valence-electron chi connectivity index (χ3n) is 5.18. The molecule has 2 aromatic heterocycles. The first-order valence-corrected chi connectivity index (χ1v) is 11.0. The van der Waals surface area contributed by atoms with Crippen molar-refractivity contribution in [1.29, 1.82) is 0 Å². The fourth-order valence-electron chi connectivity index (χ4n) is 3.68. The van der Waals surface area contributed by atoms with Crippen molar-refractivity contribution < 1.29 is 17.4 Å². The maximum absolute atomic E-state index is 13.2. The van der Waals surface area contributed by atoms with Gasteiger partial charge in [-0.2, -0.15) is 4.98 Å². The second kappa shape index (κ2) is 6.84. The van der Waals surface area contributed by atoms with Gasteiger partial charge in [0.25, 0.3) is 10.0 Å². The Morgan fingerprint density at radius 1 is 1.17 bits per heavy atom. The lowest BCUT2D eigenvalue weighted by Gasteiger charge is -2.19. The Kier molecular flexibility index (Phi) is 4.24. The third-order valence-corrected chi connectivity index (χ3v) is 6.99. The van der Waals surface area contributed by atoms with Crippen LogP contribution in [0.4, 0.5) is 5.69 Å². The average molecular weight is 426 g/mol. The number of oxazole rings is 1. The monoisotopic (exact) mass is 426 g/mol. The van der Waals surface area contributed by atoms with Crippen LogP contribution in [-0.2, 0) is 29.4 Å². The Labute approximate surface area is 171 Å². The number of benzene rings is 2. The van der Waals surface area contributed by atoms with Gasteiger partial charge in [0.2, 0.25) is 5.89 Å². The first kappa shape index (κ1) is 18.6. The van der Waals surface area contributed by atoms with Crippen LogP contribution in [0, 0.1) is 0 Å². The second-order valence-electron chi connectivity index (χ2n) is 7.00. The molecule has 4 aromatic rings. The van der Waals surface area contributed by atoms with Crippen LogP contribution in [0.15, 0.2) is 61.1 Å². The van der Waals surface area contributed by atoms with E-state index in [2.05, 4.69) is 10.1 Å². The lowest BCUT2D eigenvalue weighted by atomic mass is 10.2. The summed E-state index contributed by atoms with van der Waals surface area (Å²) in [6.45, 7) is 2.33. The minimum absolute atomic E-state index is 0.0698. The number of hydrogen-bond acceptors (Lipinski definition) is 7. The zero-order chi connectivity index (χ0) is 20.9. The molecule has 0 unspecified atom stereocenters. The predicted molar refractivity (Wildman–Crippen MR) is 108 cm³/mol.